The van der Waals surface area contributed by atoms with Gasteiger partial charge in [0, 0.05) is 6.54 Å². The van der Waals surface area contributed by atoms with E-state index in [0.29, 0.717) is 30.8 Å². The van der Waals surface area contributed by atoms with Gasteiger partial charge in [-0.1, -0.05) is 11.8 Å². The van der Waals surface area contributed by atoms with Gasteiger partial charge < -0.3 is 26.4 Å². The summed E-state index contributed by atoms with van der Waals surface area (Å²) in [7, 11) is 1.85. The topological polar surface area (TPSA) is 149 Å². The third-order valence-electron chi connectivity index (χ3n) is 4.07. The Hall–Kier alpha value is -2.29. The van der Waals surface area contributed by atoms with Crippen molar-refractivity contribution in [3.63, 3.8) is 0 Å². The molecule has 3 heterocycles. The molecule has 0 bridgehead atoms. The van der Waals surface area contributed by atoms with Gasteiger partial charge in [-0.2, -0.15) is 0 Å². The molecule has 1 fully saturated rings. The SMILES string of the molecule is CN(CC#CCN)C[C@H]1O[C@@H](n2cnc3c(N)ncnc32)[C@H](O)[C@@H]1O. The monoisotopic (exact) mass is 347 g/mol. The fourth-order valence-corrected chi connectivity index (χ4v) is 2.80. The number of nitrogens with two attached hydrogens (primary N) is 2. The van der Waals surface area contributed by atoms with E-state index in [9.17, 15) is 10.2 Å². The fourth-order valence-electron chi connectivity index (χ4n) is 2.80. The van der Waals surface area contributed by atoms with Crippen LogP contribution in [0.3, 0.4) is 0 Å². The molecule has 0 aromatic carbocycles. The maximum Gasteiger partial charge on any atom is 0.167 e. The van der Waals surface area contributed by atoms with Gasteiger partial charge in [0.15, 0.2) is 17.7 Å². The van der Waals surface area contributed by atoms with Crippen LogP contribution in [0.5, 0.6) is 0 Å². The number of aliphatic hydroxyl groups is 2. The van der Waals surface area contributed by atoms with E-state index in [-0.39, 0.29) is 5.82 Å². The van der Waals surface area contributed by atoms with Gasteiger partial charge in [-0.15, -0.1) is 0 Å². The molecule has 2 aromatic heterocycles. The Balaban J connectivity index is 1.76. The molecular weight excluding hydrogens is 326 g/mol. The number of anilines is 1. The summed E-state index contributed by atoms with van der Waals surface area (Å²) in [5.74, 6) is 5.93. The molecule has 4 atom stereocenters. The summed E-state index contributed by atoms with van der Waals surface area (Å²) in [4.78, 5) is 14.1. The Kier molecular flexibility index (Phi) is 5.12. The lowest BCUT2D eigenvalue weighted by Crippen LogP contribution is -2.38. The van der Waals surface area contributed by atoms with Crippen molar-refractivity contribution in [3.05, 3.63) is 12.7 Å². The lowest BCUT2D eigenvalue weighted by molar-refractivity contribution is -0.0413. The van der Waals surface area contributed by atoms with E-state index < -0.39 is 24.5 Å². The average Bonchev–Trinajstić information content (AvgIpc) is 3.13. The van der Waals surface area contributed by atoms with Crippen molar-refractivity contribution in [1.82, 2.24) is 24.4 Å². The first-order valence-corrected chi connectivity index (χ1v) is 7.82. The molecule has 1 aliphatic heterocycles. The molecule has 10 nitrogen and oxygen atoms in total. The largest absolute Gasteiger partial charge is 0.387 e. The third-order valence-corrected chi connectivity index (χ3v) is 4.07. The van der Waals surface area contributed by atoms with Crippen LogP contribution in [0.1, 0.15) is 6.23 Å². The van der Waals surface area contributed by atoms with Crippen LogP contribution in [0.2, 0.25) is 0 Å². The van der Waals surface area contributed by atoms with Crippen LogP contribution < -0.4 is 11.5 Å². The molecule has 0 radical (unpaired) electrons. The second-order valence-corrected chi connectivity index (χ2v) is 5.88. The molecule has 1 saturated heterocycles. The maximum atomic E-state index is 10.4. The molecule has 3 rings (SSSR count). The first-order valence-electron chi connectivity index (χ1n) is 7.82. The smallest absolute Gasteiger partial charge is 0.167 e. The van der Waals surface area contributed by atoms with Gasteiger partial charge in [-0.3, -0.25) is 9.47 Å². The molecule has 25 heavy (non-hydrogen) atoms. The number of hydrogen-bond donors (Lipinski definition) is 4. The molecule has 0 aliphatic carbocycles. The molecule has 0 saturated carbocycles. The minimum atomic E-state index is -1.12. The lowest BCUT2D eigenvalue weighted by atomic mass is 10.1. The highest BCUT2D eigenvalue weighted by Crippen LogP contribution is 2.32. The molecule has 0 unspecified atom stereocenters. The minimum Gasteiger partial charge on any atom is -0.387 e. The number of aliphatic hydroxyl groups excluding tert-OH is 2. The van der Waals surface area contributed by atoms with E-state index >= 15 is 0 Å². The highest BCUT2D eigenvalue weighted by Gasteiger charge is 2.44. The zero-order valence-electron chi connectivity index (χ0n) is 13.8. The summed E-state index contributed by atoms with van der Waals surface area (Å²) in [6.45, 7) is 1.19. The summed E-state index contributed by atoms with van der Waals surface area (Å²) in [5.41, 5.74) is 12.0. The molecule has 1 aliphatic rings. The van der Waals surface area contributed by atoms with Crippen molar-refractivity contribution in [3.8, 4) is 11.8 Å². The first-order chi connectivity index (χ1) is 12.0. The van der Waals surface area contributed by atoms with Crippen molar-refractivity contribution in [2.75, 3.05) is 32.4 Å². The zero-order valence-corrected chi connectivity index (χ0v) is 13.8. The van der Waals surface area contributed by atoms with Crippen LogP contribution in [0.25, 0.3) is 11.2 Å². The molecule has 6 N–H and O–H groups in total. The fraction of sp³-hybridized carbons (Fsp3) is 0.533. The van der Waals surface area contributed by atoms with Crippen LogP contribution in [0.15, 0.2) is 12.7 Å². The Morgan fingerprint density at radius 3 is 2.84 bits per heavy atom. The summed E-state index contributed by atoms with van der Waals surface area (Å²) >= 11 is 0. The highest BCUT2D eigenvalue weighted by atomic mass is 16.6. The number of ether oxygens (including phenoxy) is 1. The van der Waals surface area contributed by atoms with Crippen molar-refractivity contribution in [1.29, 1.82) is 0 Å². The number of imidazole rings is 1. The van der Waals surface area contributed by atoms with Crippen molar-refractivity contribution < 1.29 is 14.9 Å². The van der Waals surface area contributed by atoms with Crippen molar-refractivity contribution in [2.24, 2.45) is 5.73 Å². The zero-order chi connectivity index (χ0) is 18.0. The van der Waals surface area contributed by atoms with E-state index in [4.69, 9.17) is 16.2 Å². The highest BCUT2D eigenvalue weighted by molar-refractivity contribution is 5.81. The van der Waals surface area contributed by atoms with E-state index in [2.05, 4.69) is 26.8 Å². The minimum absolute atomic E-state index is 0.242. The van der Waals surface area contributed by atoms with Crippen molar-refractivity contribution in [2.45, 2.75) is 24.5 Å². The standard InChI is InChI=1S/C15H21N7O3/c1-21(5-3-2-4-16)6-9-11(23)12(24)15(25-9)22-8-20-10-13(17)18-7-19-14(10)22/h7-9,11-12,15,23-24H,4-6,16H2,1H3,(H2,17,18,19)/t9-,11-,12-,15-/m1/s1. The van der Waals surface area contributed by atoms with Crippen LogP contribution in [-0.2, 0) is 4.74 Å². The summed E-state index contributed by atoms with van der Waals surface area (Å²) < 4.78 is 7.41. The lowest BCUT2D eigenvalue weighted by Gasteiger charge is -2.20. The Morgan fingerprint density at radius 1 is 1.28 bits per heavy atom. The van der Waals surface area contributed by atoms with Crippen molar-refractivity contribution >= 4 is 17.0 Å². The van der Waals surface area contributed by atoms with Crippen LogP contribution in [0, 0.1) is 11.8 Å². The molecule has 134 valence electrons. The summed E-state index contributed by atoms with van der Waals surface area (Å²) in [5, 5.41) is 20.7. The third kappa shape index (κ3) is 3.41. The molecule has 10 heteroatoms. The van der Waals surface area contributed by atoms with Gasteiger partial charge in [0.25, 0.3) is 0 Å². The van der Waals surface area contributed by atoms with Gasteiger partial charge >= 0.3 is 0 Å². The first kappa shape index (κ1) is 17.5. The average molecular weight is 347 g/mol. The number of nitrogens with zero attached hydrogens (tertiary/aromatic N) is 5. The number of fused-ring (bicyclic) bond motifs is 1. The van der Waals surface area contributed by atoms with E-state index in [1.165, 1.54) is 12.7 Å². The predicted molar refractivity (Wildman–Crippen MR) is 90.0 cm³/mol. The molecule has 0 amide bonds. The second kappa shape index (κ2) is 7.30. The number of rotatable bonds is 4. The molecule has 0 spiro atoms. The van der Waals surface area contributed by atoms with Crippen LogP contribution in [0.4, 0.5) is 5.82 Å². The van der Waals surface area contributed by atoms with E-state index in [0.717, 1.165) is 0 Å². The van der Waals surface area contributed by atoms with Gasteiger partial charge in [-0.25, -0.2) is 15.0 Å². The Bertz CT molecular complexity index is 799. The summed E-state index contributed by atoms with van der Waals surface area (Å²) in [6, 6.07) is 0. The number of nitrogen functional groups attached to an aromatic ring is 1. The van der Waals surface area contributed by atoms with Gasteiger partial charge in [0.05, 0.1) is 19.4 Å². The second-order valence-electron chi connectivity index (χ2n) is 5.88. The van der Waals surface area contributed by atoms with Gasteiger partial charge in [0.2, 0.25) is 0 Å². The molecular formula is C15H21N7O3. The molecule has 2 aromatic rings. The number of aromatic nitrogens is 4. The number of likely N-dealkylation sites (N-methyl/N-ethyl adjacent to an activating group) is 1. The van der Waals surface area contributed by atoms with Crippen LogP contribution >= 0.6 is 0 Å². The Labute approximate surface area is 144 Å². The van der Waals surface area contributed by atoms with Gasteiger partial charge in [0.1, 0.15) is 30.2 Å². The van der Waals surface area contributed by atoms with Gasteiger partial charge in [-0.05, 0) is 7.05 Å². The predicted octanol–water partition coefficient (Wildman–Crippen LogP) is -2.08. The van der Waals surface area contributed by atoms with E-state index in [1.807, 2.05) is 11.9 Å². The van der Waals surface area contributed by atoms with Crippen LogP contribution in [-0.4, -0.2) is 79.6 Å². The number of hydrogen-bond acceptors (Lipinski definition) is 9. The van der Waals surface area contributed by atoms with E-state index in [1.54, 1.807) is 4.57 Å². The quantitative estimate of drug-likeness (QED) is 0.457. The normalized spacial score (nSPS) is 26.1. The Morgan fingerprint density at radius 2 is 2.08 bits per heavy atom. The summed E-state index contributed by atoms with van der Waals surface area (Å²) in [6.07, 6.45) is -0.790. The maximum absolute atomic E-state index is 10.4.